The number of aliphatic imine (C=N–C) groups is 1. The molecule has 0 aliphatic carbocycles. The van der Waals surface area contributed by atoms with E-state index in [1.165, 1.54) is 0 Å². The van der Waals surface area contributed by atoms with Crippen molar-refractivity contribution in [2.45, 2.75) is 26.3 Å². The summed E-state index contributed by atoms with van der Waals surface area (Å²) < 4.78 is 1.68. The molecule has 0 fully saturated rings. The van der Waals surface area contributed by atoms with Crippen LogP contribution in [0.2, 0.25) is 5.02 Å². The van der Waals surface area contributed by atoms with Crippen LogP contribution in [0.3, 0.4) is 0 Å². The molecule has 7 nitrogen and oxygen atoms in total. The van der Waals surface area contributed by atoms with Gasteiger partial charge in [0, 0.05) is 29.3 Å². The van der Waals surface area contributed by atoms with Crippen molar-refractivity contribution in [1.29, 1.82) is 0 Å². The number of benzene rings is 2. The lowest BCUT2D eigenvalue weighted by atomic mass is 10.1. The number of hydrogen-bond donors (Lipinski definition) is 2. The number of nitrogens with two attached hydrogens (primary N) is 1. The van der Waals surface area contributed by atoms with Crippen LogP contribution >= 0.6 is 11.6 Å². The molecule has 172 valence electrons. The highest BCUT2D eigenvalue weighted by molar-refractivity contribution is 6.35. The van der Waals surface area contributed by atoms with E-state index in [-0.39, 0.29) is 17.5 Å². The van der Waals surface area contributed by atoms with Crippen molar-refractivity contribution >= 4 is 46.4 Å². The van der Waals surface area contributed by atoms with Crippen molar-refractivity contribution in [3.63, 3.8) is 0 Å². The number of rotatable bonds is 7. The molecular formula is C26H25ClN6O. The van der Waals surface area contributed by atoms with Gasteiger partial charge in [0.1, 0.15) is 5.82 Å². The van der Waals surface area contributed by atoms with Crippen LogP contribution in [-0.2, 0) is 0 Å². The molecule has 0 bridgehead atoms. The van der Waals surface area contributed by atoms with Gasteiger partial charge in [-0.3, -0.25) is 14.4 Å². The molecule has 2 aromatic carbocycles. The number of aromatic nitrogens is 3. The van der Waals surface area contributed by atoms with Crippen LogP contribution in [0.5, 0.6) is 0 Å². The minimum atomic E-state index is -0.320. The second-order valence-corrected chi connectivity index (χ2v) is 8.20. The summed E-state index contributed by atoms with van der Waals surface area (Å²) in [6.07, 6.45) is 4.06. The molecule has 1 atom stereocenters. The van der Waals surface area contributed by atoms with Gasteiger partial charge in [-0.25, -0.2) is 4.98 Å². The maximum Gasteiger partial charge on any atom is 0.264 e. The number of halogens is 1. The SMILES string of the molecule is C=NC=C(CC)c1cnc(N)nc1NC(C)c1cc2cccc(Cl)c2c(=O)n1-c1ccccc1. The lowest BCUT2D eigenvalue weighted by Crippen LogP contribution is -2.26. The number of nitrogens with one attached hydrogen (secondary N) is 1. The fourth-order valence-corrected chi connectivity index (χ4v) is 4.25. The summed E-state index contributed by atoms with van der Waals surface area (Å²) in [5.74, 6) is 0.696. The Labute approximate surface area is 202 Å². The van der Waals surface area contributed by atoms with E-state index >= 15 is 0 Å². The normalized spacial score (nSPS) is 12.5. The molecule has 2 aromatic heterocycles. The van der Waals surface area contributed by atoms with Gasteiger partial charge in [0.05, 0.1) is 16.5 Å². The molecule has 0 radical (unpaired) electrons. The van der Waals surface area contributed by atoms with Crippen molar-refractivity contribution in [2.75, 3.05) is 11.1 Å². The number of para-hydroxylation sites is 1. The molecule has 3 N–H and O–H groups in total. The van der Waals surface area contributed by atoms with E-state index in [2.05, 4.69) is 27.0 Å². The van der Waals surface area contributed by atoms with Crippen LogP contribution < -0.4 is 16.6 Å². The maximum absolute atomic E-state index is 13.7. The first-order valence-corrected chi connectivity index (χ1v) is 11.3. The van der Waals surface area contributed by atoms with Crippen LogP contribution in [0.1, 0.15) is 37.6 Å². The number of hydrogen-bond acceptors (Lipinski definition) is 6. The quantitative estimate of drug-likeness (QED) is 0.339. The van der Waals surface area contributed by atoms with Crippen LogP contribution in [0.4, 0.5) is 11.8 Å². The summed E-state index contributed by atoms with van der Waals surface area (Å²) in [5, 5.41) is 5.09. The molecule has 1 unspecified atom stereocenters. The van der Waals surface area contributed by atoms with E-state index in [0.29, 0.717) is 22.6 Å². The monoisotopic (exact) mass is 472 g/mol. The molecule has 0 aliphatic rings. The summed E-state index contributed by atoms with van der Waals surface area (Å²) >= 11 is 6.42. The third-order valence-corrected chi connectivity index (χ3v) is 5.93. The van der Waals surface area contributed by atoms with Gasteiger partial charge in [-0.1, -0.05) is 48.9 Å². The Hall–Kier alpha value is -3.97. The van der Waals surface area contributed by atoms with E-state index < -0.39 is 0 Å². The molecular weight excluding hydrogens is 448 g/mol. The predicted molar refractivity (Wildman–Crippen MR) is 141 cm³/mol. The van der Waals surface area contributed by atoms with Gasteiger partial charge in [-0.15, -0.1) is 0 Å². The average molecular weight is 473 g/mol. The minimum absolute atomic E-state index is 0.145. The first-order valence-electron chi connectivity index (χ1n) is 10.9. The van der Waals surface area contributed by atoms with Crippen molar-refractivity contribution < 1.29 is 0 Å². The molecule has 34 heavy (non-hydrogen) atoms. The Morgan fingerprint density at radius 1 is 1.26 bits per heavy atom. The fraction of sp³-hybridized carbons (Fsp3) is 0.154. The lowest BCUT2D eigenvalue weighted by Gasteiger charge is -2.23. The number of pyridine rings is 1. The Balaban J connectivity index is 1.90. The number of nitrogens with zero attached hydrogens (tertiary/aromatic N) is 4. The number of fused-ring (bicyclic) bond motifs is 1. The predicted octanol–water partition coefficient (Wildman–Crippen LogP) is 5.64. The van der Waals surface area contributed by atoms with Crippen molar-refractivity contribution in [3.05, 3.63) is 93.6 Å². The molecule has 2 heterocycles. The molecule has 0 saturated carbocycles. The highest BCUT2D eigenvalue weighted by Gasteiger charge is 2.20. The Morgan fingerprint density at radius 3 is 2.74 bits per heavy atom. The first kappa shape index (κ1) is 23.2. The third-order valence-electron chi connectivity index (χ3n) is 5.62. The minimum Gasteiger partial charge on any atom is -0.368 e. The van der Waals surface area contributed by atoms with Crippen LogP contribution in [-0.4, -0.2) is 21.3 Å². The number of anilines is 2. The van der Waals surface area contributed by atoms with Gasteiger partial charge in [-0.05, 0) is 55.3 Å². The van der Waals surface area contributed by atoms with Crippen molar-refractivity contribution in [1.82, 2.24) is 14.5 Å². The highest BCUT2D eigenvalue weighted by Crippen LogP contribution is 2.30. The van der Waals surface area contributed by atoms with Gasteiger partial charge in [-0.2, -0.15) is 4.98 Å². The van der Waals surface area contributed by atoms with Crippen LogP contribution in [0.15, 0.2) is 76.8 Å². The van der Waals surface area contributed by atoms with Crippen LogP contribution in [0, 0.1) is 0 Å². The summed E-state index contributed by atoms with van der Waals surface area (Å²) in [5.41, 5.74) is 8.89. The summed E-state index contributed by atoms with van der Waals surface area (Å²) in [6.45, 7) is 7.54. The van der Waals surface area contributed by atoms with E-state index in [1.54, 1.807) is 23.0 Å². The summed E-state index contributed by atoms with van der Waals surface area (Å²) in [4.78, 5) is 26.2. The van der Waals surface area contributed by atoms with Gasteiger partial charge < -0.3 is 11.1 Å². The molecule has 0 amide bonds. The molecule has 8 heteroatoms. The average Bonchev–Trinajstić information content (AvgIpc) is 2.83. The fourth-order valence-electron chi connectivity index (χ4n) is 3.98. The smallest absolute Gasteiger partial charge is 0.264 e. The van der Waals surface area contributed by atoms with Crippen molar-refractivity contribution in [2.24, 2.45) is 4.99 Å². The van der Waals surface area contributed by atoms with Crippen molar-refractivity contribution in [3.8, 4) is 5.69 Å². The maximum atomic E-state index is 13.7. The largest absolute Gasteiger partial charge is 0.368 e. The lowest BCUT2D eigenvalue weighted by molar-refractivity contribution is 0.772. The highest BCUT2D eigenvalue weighted by atomic mass is 35.5. The summed E-state index contributed by atoms with van der Waals surface area (Å²) in [7, 11) is 0. The first-order chi connectivity index (χ1) is 16.4. The Bertz CT molecular complexity index is 1450. The van der Waals surface area contributed by atoms with E-state index in [9.17, 15) is 4.79 Å². The molecule has 0 saturated heterocycles. The third kappa shape index (κ3) is 4.43. The zero-order valence-electron chi connectivity index (χ0n) is 19.0. The topological polar surface area (TPSA) is 98.2 Å². The molecule has 0 spiro atoms. The second-order valence-electron chi connectivity index (χ2n) is 7.80. The van der Waals surface area contributed by atoms with E-state index in [1.807, 2.05) is 62.4 Å². The second kappa shape index (κ2) is 9.89. The molecule has 4 rings (SSSR count). The summed E-state index contributed by atoms with van der Waals surface area (Å²) in [6, 6.07) is 16.6. The van der Waals surface area contributed by atoms with E-state index in [4.69, 9.17) is 17.3 Å². The number of nitrogen functional groups attached to an aromatic ring is 1. The van der Waals surface area contributed by atoms with Crippen LogP contribution in [0.25, 0.3) is 22.0 Å². The molecule has 0 aliphatic heterocycles. The number of allylic oxidation sites excluding steroid dienone is 1. The zero-order chi connectivity index (χ0) is 24.2. The van der Waals surface area contributed by atoms with Gasteiger partial charge in [0.15, 0.2) is 0 Å². The van der Waals surface area contributed by atoms with Gasteiger partial charge in [0.25, 0.3) is 5.56 Å². The zero-order valence-corrected chi connectivity index (χ0v) is 19.8. The Kier molecular flexibility index (Phi) is 6.75. The van der Waals surface area contributed by atoms with E-state index in [0.717, 1.165) is 27.9 Å². The van der Waals surface area contributed by atoms with Gasteiger partial charge in [0.2, 0.25) is 5.95 Å². The standard InChI is InChI=1S/C26H25ClN6O/c1-4-17(14-29-3)20-15-30-26(28)32-24(20)31-16(2)22-13-18-9-8-12-21(27)23(18)25(34)33(22)19-10-6-5-7-11-19/h5-16H,3-4H2,1-2H3,(H3,28,30,31,32). The van der Waals surface area contributed by atoms with Gasteiger partial charge >= 0.3 is 0 Å². The Morgan fingerprint density at radius 2 is 2.03 bits per heavy atom. The molecule has 4 aromatic rings.